The first kappa shape index (κ1) is 70.0. The van der Waals surface area contributed by atoms with E-state index in [0.29, 0.717) is 0 Å². The molecule has 0 N–H and O–H groups in total. The van der Waals surface area contributed by atoms with Crippen LogP contribution in [0.3, 0.4) is 0 Å². The van der Waals surface area contributed by atoms with Crippen LogP contribution in [0, 0.1) is 6.92 Å². The first-order chi connectivity index (χ1) is 38.2. The predicted molar refractivity (Wildman–Crippen MR) is 357 cm³/mol. The number of quaternary nitrogens is 1. The minimum Gasteiger partial charge on any atom is -0.324 e. The number of benzene rings is 4. The molecule has 0 radical (unpaired) electrons. The molecule has 1 nitrogen and oxygen atoms in total. The second kappa shape index (κ2) is 46.3. The molecule has 0 saturated heterocycles. The maximum atomic E-state index is 6.23. The lowest BCUT2D eigenvalue weighted by Crippen LogP contribution is -2.74. The normalized spacial score (nSPS) is 11.8. The highest BCUT2D eigenvalue weighted by molar-refractivity contribution is 7.19. The van der Waals surface area contributed by atoms with Crippen LogP contribution in [0.4, 0.5) is 0 Å². The van der Waals surface area contributed by atoms with Crippen LogP contribution in [0.1, 0.15) is 290 Å². The second-order valence-electron chi connectivity index (χ2n) is 24.4. The lowest BCUT2D eigenvalue weighted by Gasteiger charge is -2.44. The monoisotopic (exact) mass is 1130 g/mol. The third-order valence-corrected chi connectivity index (χ3v) is 18.4. The first-order valence-corrected chi connectivity index (χ1v) is 34.7. The smallest absolute Gasteiger partial charge is 0.108 e. The van der Waals surface area contributed by atoms with Gasteiger partial charge in [-0.15, -0.1) is 0 Å². The Kier molecular flexibility index (Phi) is 41.6. The largest absolute Gasteiger partial charge is 0.324 e. The van der Waals surface area contributed by atoms with Crippen LogP contribution < -0.4 is 21.9 Å². The van der Waals surface area contributed by atoms with Gasteiger partial charge in [0.15, 0.2) is 0 Å². The fourth-order valence-electron chi connectivity index (χ4n) is 12.7. The molecular formula is C73H119BCl3N. The van der Waals surface area contributed by atoms with Crippen molar-refractivity contribution in [3.8, 4) is 0 Å². The van der Waals surface area contributed by atoms with Crippen LogP contribution in [0.5, 0.6) is 0 Å². The molecule has 0 atom stereocenters. The fourth-order valence-corrected chi connectivity index (χ4v) is 13.1. The van der Waals surface area contributed by atoms with Gasteiger partial charge in [0.25, 0.3) is 0 Å². The summed E-state index contributed by atoms with van der Waals surface area (Å²) in [5.41, 5.74) is 6.00. The summed E-state index contributed by atoms with van der Waals surface area (Å²) in [5, 5.41) is 2.15. The Hall–Kier alpha value is -2.23. The number of nitrogens with zero attached hydrogens (tertiary/aromatic N) is 1. The molecule has 0 aliphatic carbocycles. The van der Waals surface area contributed by atoms with Crippen molar-refractivity contribution in [1.29, 1.82) is 0 Å². The van der Waals surface area contributed by atoms with Gasteiger partial charge in [-0.2, -0.15) is 21.9 Å². The summed E-state index contributed by atoms with van der Waals surface area (Å²) in [4.78, 5) is 0. The van der Waals surface area contributed by atoms with Crippen LogP contribution in [-0.2, 0) is 0 Å². The topological polar surface area (TPSA) is 0 Å². The molecule has 0 aliphatic rings. The maximum absolute atomic E-state index is 6.23. The summed E-state index contributed by atoms with van der Waals surface area (Å²) in [7, 11) is 0. The van der Waals surface area contributed by atoms with Crippen molar-refractivity contribution < 1.29 is 4.48 Å². The Bertz CT molecular complexity index is 1650. The van der Waals surface area contributed by atoms with Gasteiger partial charge in [0.1, 0.15) is 6.15 Å². The van der Waals surface area contributed by atoms with Crippen molar-refractivity contribution >= 4 is 62.8 Å². The van der Waals surface area contributed by atoms with Gasteiger partial charge in [-0.3, -0.25) is 0 Å². The lowest BCUT2D eigenvalue weighted by molar-refractivity contribution is -0.929. The van der Waals surface area contributed by atoms with E-state index in [9.17, 15) is 0 Å². The lowest BCUT2D eigenvalue weighted by atomic mass is 9.13. The van der Waals surface area contributed by atoms with E-state index in [1.807, 2.05) is 36.4 Å². The minimum atomic E-state index is -1.45. The molecular weight excluding hydrogens is 1010 g/mol. The average molecular weight is 1130 g/mol. The molecule has 4 rings (SSSR count). The zero-order valence-electron chi connectivity index (χ0n) is 51.5. The van der Waals surface area contributed by atoms with E-state index < -0.39 is 6.15 Å². The van der Waals surface area contributed by atoms with E-state index in [1.165, 1.54) is 315 Å². The van der Waals surface area contributed by atoms with Gasteiger partial charge in [-0.1, -0.05) is 334 Å². The molecule has 0 amide bonds. The Morgan fingerprint density at radius 3 is 0.603 bits per heavy atom. The van der Waals surface area contributed by atoms with Crippen molar-refractivity contribution in [2.75, 3.05) is 26.2 Å². The number of hydrogen-bond acceptors (Lipinski definition) is 0. The van der Waals surface area contributed by atoms with Crippen molar-refractivity contribution in [2.45, 2.75) is 291 Å². The molecule has 0 saturated carbocycles. The number of halogens is 3. The molecule has 4 aromatic carbocycles. The molecule has 0 heterocycles. The van der Waals surface area contributed by atoms with Crippen molar-refractivity contribution in [2.24, 2.45) is 0 Å². The highest BCUT2D eigenvalue weighted by atomic mass is 35.5. The predicted octanol–water partition coefficient (Wildman–Crippen LogP) is 22.8. The van der Waals surface area contributed by atoms with E-state index >= 15 is 0 Å². The summed E-state index contributed by atoms with van der Waals surface area (Å²) < 4.78 is 1.49. The molecule has 5 heteroatoms. The minimum absolute atomic E-state index is 0.717. The maximum Gasteiger partial charge on any atom is 0.108 e. The van der Waals surface area contributed by atoms with E-state index in [4.69, 9.17) is 34.8 Å². The molecule has 78 heavy (non-hydrogen) atoms. The van der Waals surface area contributed by atoms with E-state index in [1.54, 1.807) is 0 Å². The molecule has 0 spiro atoms. The van der Waals surface area contributed by atoms with Crippen LogP contribution in [0.15, 0.2) is 97.1 Å². The molecule has 0 aliphatic heterocycles. The summed E-state index contributed by atoms with van der Waals surface area (Å²) in [5.74, 6) is 0. The van der Waals surface area contributed by atoms with Gasteiger partial charge < -0.3 is 4.48 Å². The second-order valence-corrected chi connectivity index (χ2v) is 25.7. The van der Waals surface area contributed by atoms with Crippen LogP contribution in [-0.4, -0.2) is 36.8 Å². The summed E-state index contributed by atoms with van der Waals surface area (Å²) in [6.45, 7) is 17.4. The number of rotatable bonds is 48. The summed E-state index contributed by atoms with van der Waals surface area (Å²) >= 11 is 18.7. The fraction of sp³-hybridized carbons (Fsp3) is 0.671. The third-order valence-electron chi connectivity index (χ3n) is 17.6. The van der Waals surface area contributed by atoms with Crippen LogP contribution in [0.2, 0.25) is 15.1 Å². The zero-order valence-corrected chi connectivity index (χ0v) is 53.8. The Balaban J connectivity index is 0.000000462. The standard InChI is InChI=1S/C48H100N.C25H19BCl3/c1-5-9-13-17-21-25-29-33-37-41-45-49(46-42-38-34-30-26-22-18-14-10-6-2,47-43-39-35-31-27-23-19-15-11-7-3)48-44-40-36-32-28-24-20-16-12-8-4;1-18-2-4-19(5-3-18)26(20-6-12-23(27)13-7-20,21-8-14-24(28)15-9-21)22-10-16-25(29)17-11-22/h5-48H2,1-4H3;2-17H,1H3/q+1;-1. The van der Waals surface area contributed by atoms with E-state index in [0.717, 1.165) is 15.1 Å². The third kappa shape index (κ3) is 30.2. The van der Waals surface area contributed by atoms with Crippen molar-refractivity contribution in [3.63, 3.8) is 0 Å². The van der Waals surface area contributed by atoms with Crippen LogP contribution in [0.25, 0.3) is 0 Å². The molecule has 4 aromatic rings. The SMILES string of the molecule is CCCCCCCCCCCC[N+](CCCCCCCCCCCC)(CCCCCCCCCCCC)CCCCCCCCCCCC.Cc1ccc([B-](c2ccc(Cl)cc2)(c2ccc(Cl)cc2)c2ccc(Cl)cc2)cc1. The van der Waals surface area contributed by atoms with Gasteiger partial charge in [-0.25, -0.2) is 0 Å². The highest BCUT2D eigenvalue weighted by Crippen LogP contribution is 2.23. The van der Waals surface area contributed by atoms with Gasteiger partial charge in [-0.05, 0) is 94.7 Å². The quantitative estimate of drug-likeness (QED) is 0.0235. The van der Waals surface area contributed by atoms with Crippen LogP contribution >= 0.6 is 34.8 Å². The molecule has 440 valence electrons. The van der Waals surface area contributed by atoms with Gasteiger partial charge in [0, 0.05) is 15.1 Å². The number of unbranched alkanes of at least 4 members (excludes halogenated alkanes) is 36. The zero-order chi connectivity index (χ0) is 56.0. The molecule has 0 fully saturated rings. The van der Waals surface area contributed by atoms with Gasteiger partial charge in [0.2, 0.25) is 0 Å². The van der Waals surface area contributed by atoms with E-state index in [-0.39, 0.29) is 0 Å². The van der Waals surface area contributed by atoms with Gasteiger partial charge >= 0.3 is 0 Å². The first-order valence-electron chi connectivity index (χ1n) is 33.6. The van der Waals surface area contributed by atoms with Gasteiger partial charge in [0.05, 0.1) is 26.2 Å². The van der Waals surface area contributed by atoms with Crippen molar-refractivity contribution in [1.82, 2.24) is 0 Å². The van der Waals surface area contributed by atoms with Crippen molar-refractivity contribution in [3.05, 3.63) is 118 Å². The number of hydrogen-bond donors (Lipinski definition) is 0. The molecule has 0 bridgehead atoms. The summed E-state index contributed by atoms with van der Waals surface area (Å²) in [6.07, 6.45) is 57.3. The Morgan fingerprint density at radius 2 is 0.410 bits per heavy atom. The Labute approximate surface area is 499 Å². The average Bonchev–Trinajstić information content (AvgIpc) is 3.52. The number of aryl methyl sites for hydroxylation is 1. The highest BCUT2D eigenvalue weighted by Gasteiger charge is 2.32. The Morgan fingerprint density at radius 1 is 0.244 bits per heavy atom. The summed E-state index contributed by atoms with van der Waals surface area (Å²) in [6, 6.07) is 33.2. The van der Waals surface area contributed by atoms with E-state index in [2.05, 4.69) is 95.3 Å². The molecule has 0 unspecified atom stereocenters. The molecule has 0 aromatic heterocycles.